The first-order valence-corrected chi connectivity index (χ1v) is 12.3. The third-order valence-corrected chi connectivity index (χ3v) is 6.09. The molecular weight excluding hydrogens is 495 g/mol. The zero-order valence-corrected chi connectivity index (χ0v) is 21.4. The average Bonchev–Trinajstić information content (AvgIpc) is 2.97. The lowest BCUT2D eigenvalue weighted by molar-refractivity contribution is -0.137. The number of alkyl halides is 3. The maximum absolute atomic E-state index is 12.9. The van der Waals surface area contributed by atoms with Crippen LogP contribution in [0.3, 0.4) is 0 Å². The van der Waals surface area contributed by atoms with Crippen molar-refractivity contribution >= 4 is 28.6 Å². The number of carbonyl (C=O) groups is 1. The van der Waals surface area contributed by atoms with Crippen LogP contribution in [0.15, 0.2) is 66.9 Å². The van der Waals surface area contributed by atoms with Crippen LogP contribution in [-0.4, -0.2) is 54.2 Å². The molecule has 4 aromatic rings. The number of hydrogen-bond donors (Lipinski definition) is 0. The van der Waals surface area contributed by atoms with E-state index >= 15 is 0 Å². The van der Waals surface area contributed by atoms with Gasteiger partial charge in [-0.1, -0.05) is 44.2 Å². The highest BCUT2D eigenvalue weighted by Crippen LogP contribution is 2.32. The van der Waals surface area contributed by atoms with E-state index in [0.717, 1.165) is 23.5 Å². The van der Waals surface area contributed by atoms with Crippen molar-refractivity contribution < 1.29 is 22.7 Å². The molecule has 3 heterocycles. The molecule has 0 saturated carbocycles. The summed E-state index contributed by atoms with van der Waals surface area (Å²) >= 11 is 0. The summed E-state index contributed by atoms with van der Waals surface area (Å²) in [6.07, 6.45) is -3.55. The Kier molecular flexibility index (Phi) is 8.09. The molecule has 0 N–H and O–H groups in total. The SMILES string of the molecule is CC.COC(=O)c1ccc2nc(-c3ccccc3)c(N3CCN(c4ccc(C(F)(F)F)cn4)CC3)nc2c1. The van der Waals surface area contributed by atoms with Gasteiger partial charge >= 0.3 is 12.1 Å². The van der Waals surface area contributed by atoms with Crippen LogP contribution in [0.2, 0.25) is 0 Å². The fraction of sp³-hybridized carbons (Fsp3) is 0.286. The Morgan fingerprint density at radius 2 is 1.55 bits per heavy atom. The average molecular weight is 524 g/mol. The van der Waals surface area contributed by atoms with Crippen molar-refractivity contribution in [1.29, 1.82) is 0 Å². The van der Waals surface area contributed by atoms with Gasteiger partial charge in [0.1, 0.15) is 11.5 Å². The van der Waals surface area contributed by atoms with Gasteiger partial charge in [-0.15, -0.1) is 0 Å². The van der Waals surface area contributed by atoms with Crippen molar-refractivity contribution in [2.24, 2.45) is 0 Å². The van der Waals surface area contributed by atoms with Crippen LogP contribution >= 0.6 is 0 Å². The number of halogens is 3. The standard InChI is InChI=1S/C26H22F3N5O2.C2H6/c1-36-25(35)18-7-9-20-21(15-18)32-24(23(31-20)17-5-3-2-4-6-17)34-13-11-33(12-14-34)22-10-8-19(16-30-22)26(27,28)29;1-2/h2-10,15-16H,11-14H2,1H3;1-2H3. The van der Waals surface area contributed by atoms with Gasteiger partial charge in [-0.25, -0.2) is 19.7 Å². The summed E-state index contributed by atoms with van der Waals surface area (Å²) in [5, 5.41) is 0. The first-order chi connectivity index (χ1) is 18.3. The minimum Gasteiger partial charge on any atom is -0.465 e. The van der Waals surface area contributed by atoms with Crippen molar-refractivity contribution in [3.05, 3.63) is 78.0 Å². The van der Waals surface area contributed by atoms with Crippen molar-refractivity contribution in [2.75, 3.05) is 43.1 Å². The Morgan fingerprint density at radius 3 is 2.16 bits per heavy atom. The molecule has 2 aromatic heterocycles. The van der Waals surface area contributed by atoms with Gasteiger partial charge in [-0.2, -0.15) is 13.2 Å². The first kappa shape index (κ1) is 26.8. The summed E-state index contributed by atoms with van der Waals surface area (Å²) in [5.41, 5.74) is 2.46. The first-order valence-electron chi connectivity index (χ1n) is 12.3. The molecular formula is C28H28F3N5O2. The third kappa shape index (κ3) is 5.69. The summed E-state index contributed by atoms with van der Waals surface area (Å²) in [7, 11) is 1.33. The molecule has 198 valence electrons. The number of fused-ring (bicyclic) bond motifs is 1. The molecule has 5 rings (SSSR count). The zero-order chi connectivity index (χ0) is 27.3. The number of carbonyl (C=O) groups excluding carboxylic acids is 1. The Balaban J connectivity index is 0.00000164. The number of anilines is 2. The van der Waals surface area contributed by atoms with Crippen LogP contribution in [-0.2, 0) is 10.9 Å². The molecule has 0 unspecified atom stereocenters. The second kappa shape index (κ2) is 11.5. The number of piperazine rings is 1. The quantitative estimate of drug-likeness (QED) is 0.311. The molecule has 7 nitrogen and oxygen atoms in total. The number of pyridine rings is 1. The van der Waals surface area contributed by atoms with E-state index in [-0.39, 0.29) is 0 Å². The van der Waals surface area contributed by atoms with E-state index < -0.39 is 17.7 Å². The summed E-state index contributed by atoms with van der Waals surface area (Å²) in [6, 6.07) is 17.2. The van der Waals surface area contributed by atoms with Gasteiger partial charge in [-0.3, -0.25) is 0 Å². The van der Waals surface area contributed by atoms with Gasteiger partial charge in [0.15, 0.2) is 5.82 Å². The Bertz CT molecular complexity index is 1390. The molecule has 0 bridgehead atoms. The smallest absolute Gasteiger partial charge is 0.417 e. The molecule has 2 aromatic carbocycles. The van der Waals surface area contributed by atoms with Crippen LogP contribution in [0.5, 0.6) is 0 Å². The Labute approximate surface area is 218 Å². The minimum atomic E-state index is -4.42. The molecule has 0 atom stereocenters. The number of aromatic nitrogens is 3. The fourth-order valence-corrected chi connectivity index (χ4v) is 4.19. The summed E-state index contributed by atoms with van der Waals surface area (Å²) in [4.78, 5) is 29.8. The molecule has 10 heteroatoms. The lowest BCUT2D eigenvalue weighted by Gasteiger charge is -2.36. The van der Waals surface area contributed by atoms with Gasteiger partial charge in [0.2, 0.25) is 0 Å². The van der Waals surface area contributed by atoms with E-state index in [1.54, 1.807) is 18.2 Å². The van der Waals surface area contributed by atoms with Crippen LogP contribution in [0.25, 0.3) is 22.3 Å². The van der Waals surface area contributed by atoms with Crippen LogP contribution in [0.1, 0.15) is 29.8 Å². The molecule has 0 amide bonds. The topological polar surface area (TPSA) is 71.5 Å². The normalized spacial score (nSPS) is 13.6. The third-order valence-electron chi connectivity index (χ3n) is 6.09. The van der Waals surface area contributed by atoms with Gasteiger partial charge in [-0.05, 0) is 30.3 Å². The Morgan fingerprint density at radius 1 is 0.868 bits per heavy atom. The zero-order valence-electron chi connectivity index (χ0n) is 21.4. The van der Waals surface area contributed by atoms with Crippen molar-refractivity contribution in [1.82, 2.24) is 15.0 Å². The molecule has 1 saturated heterocycles. The van der Waals surface area contributed by atoms with Gasteiger partial charge in [0.25, 0.3) is 0 Å². The van der Waals surface area contributed by atoms with Crippen molar-refractivity contribution in [3.8, 4) is 11.3 Å². The van der Waals surface area contributed by atoms with E-state index in [1.807, 2.05) is 49.1 Å². The van der Waals surface area contributed by atoms with Crippen LogP contribution in [0.4, 0.5) is 24.8 Å². The second-order valence-corrected chi connectivity index (χ2v) is 8.33. The highest BCUT2D eigenvalue weighted by Gasteiger charge is 2.31. The maximum Gasteiger partial charge on any atom is 0.417 e. The molecule has 1 aliphatic rings. The summed E-state index contributed by atoms with van der Waals surface area (Å²) in [5.74, 6) is 0.721. The number of hydrogen-bond acceptors (Lipinski definition) is 7. The molecule has 38 heavy (non-hydrogen) atoms. The predicted octanol–water partition coefficient (Wildman–Crippen LogP) is 5.85. The number of nitrogens with zero attached hydrogens (tertiary/aromatic N) is 5. The predicted molar refractivity (Wildman–Crippen MR) is 141 cm³/mol. The van der Waals surface area contributed by atoms with Crippen molar-refractivity contribution in [3.63, 3.8) is 0 Å². The monoisotopic (exact) mass is 523 g/mol. The number of ether oxygens (including phenoxy) is 1. The lowest BCUT2D eigenvalue weighted by Crippen LogP contribution is -2.47. The summed E-state index contributed by atoms with van der Waals surface area (Å²) < 4.78 is 43.5. The number of rotatable bonds is 4. The van der Waals surface area contributed by atoms with E-state index in [1.165, 1.54) is 13.2 Å². The minimum absolute atomic E-state index is 0.385. The van der Waals surface area contributed by atoms with E-state index in [9.17, 15) is 18.0 Å². The molecule has 0 radical (unpaired) electrons. The van der Waals surface area contributed by atoms with E-state index in [0.29, 0.717) is 54.4 Å². The lowest BCUT2D eigenvalue weighted by atomic mass is 10.1. The maximum atomic E-state index is 12.9. The number of benzene rings is 2. The van der Waals surface area contributed by atoms with E-state index in [4.69, 9.17) is 14.7 Å². The molecule has 0 spiro atoms. The highest BCUT2D eigenvalue weighted by molar-refractivity contribution is 5.94. The Hall–Kier alpha value is -4.21. The van der Waals surface area contributed by atoms with Gasteiger partial charge in [0, 0.05) is 37.9 Å². The van der Waals surface area contributed by atoms with Gasteiger partial charge < -0.3 is 14.5 Å². The number of esters is 1. The second-order valence-electron chi connectivity index (χ2n) is 8.33. The molecule has 1 aliphatic heterocycles. The van der Waals surface area contributed by atoms with Crippen LogP contribution < -0.4 is 9.80 Å². The summed E-state index contributed by atoms with van der Waals surface area (Å²) in [6.45, 7) is 6.24. The largest absolute Gasteiger partial charge is 0.465 e. The fourth-order valence-electron chi connectivity index (χ4n) is 4.19. The van der Waals surface area contributed by atoms with Gasteiger partial charge in [0.05, 0.1) is 29.3 Å². The van der Waals surface area contributed by atoms with Crippen molar-refractivity contribution in [2.45, 2.75) is 20.0 Å². The van der Waals surface area contributed by atoms with Crippen LogP contribution in [0, 0.1) is 0 Å². The highest BCUT2D eigenvalue weighted by atomic mass is 19.4. The molecule has 1 fully saturated rings. The van der Waals surface area contributed by atoms with E-state index in [2.05, 4.69) is 9.88 Å². The molecule has 0 aliphatic carbocycles. The number of methoxy groups -OCH3 is 1.